The maximum absolute atomic E-state index is 13.7. The molecule has 0 aromatic heterocycles. The molecule has 0 amide bonds. The average molecular weight is 279 g/mol. The van der Waals surface area contributed by atoms with E-state index in [-0.39, 0.29) is 27.9 Å². The number of nitrogen functional groups attached to an aromatic ring is 1. The Morgan fingerprint density at radius 1 is 0.950 bits per heavy atom. The molecule has 2 rings (SSSR count). The van der Waals surface area contributed by atoms with E-state index in [1.807, 2.05) is 0 Å². The minimum atomic E-state index is -0.999. The van der Waals surface area contributed by atoms with Crippen molar-refractivity contribution in [2.24, 2.45) is 0 Å². The van der Waals surface area contributed by atoms with Gasteiger partial charge in [0.1, 0.15) is 17.5 Å². The first-order chi connectivity index (χ1) is 9.31. The molecule has 0 saturated heterocycles. The van der Waals surface area contributed by atoms with E-state index in [2.05, 4.69) is 0 Å². The van der Waals surface area contributed by atoms with Crippen LogP contribution >= 0.6 is 0 Å². The lowest BCUT2D eigenvalue weighted by molar-refractivity contribution is 0.103. The van der Waals surface area contributed by atoms with Gasteiger partial charge in [-0.25, -0.2) is 13.2 Å². The van der Waals surface area contributed by atoms with Crippen molar-refractivity contribution in [2.75, 3.05) is 5.73 Å². The molecule has 2 N–H and O–H groups in total. The van der Waals surface area contributed by atoms with Crippen molar-refractivity contribution in [2.45, 2.75) is 13.8 Å². The first-order valence-corrected chi connectivity index (χ1v) is 5.87. The van der Waals surface area contributed by atoms with Crippen molar-refractivity contribution < 1.29 is 18.0 Å². The van der Waals surface area contributed by atoms with Gasteiger partial charge in [0.15, 0.2) is 5.78 Å². The van der Waals surface area contributed by atoms with Gasteiger partial charge in [0.25, 0.3) is 0 Å². The van der Waals surface area contributed by atoms with Crippen molar-refractivity contribution in [3.63, 3.8) is 0 Å². The summed E-state index contributed by atoms with van der Waals surface area (Å²) in [4.78, 5) is 12.2. The van der Waals surface area contributed by atoms with Crippen molar-refractivity contribution >= 4 is 11.5 Å². The molecule has 0 radical (unpaired) electrons. The van der Waals surface area contributed by atoms with Crippen molar-refractivity contribution in [3.05, 3.63) is 64.0 Å². The third kappa shape index (κ3) is 2.39. The van der Waals surface area contributed by atoms with Gasteiger partial charge in [-0.1, -0.05) is 0 Å². The second-order valence-electron chi connectivity index (χ2n) is 4.61. The lowest BCUT2D eigenvalue weighted by Crippen LogP contribution is -2.08. The predicted molar refractivity (Wildman–Crippen MR) is 70.1 cm³/mol. The van der Waals surface area contributed by atoms with Crippen molar-refractivity contribution in [1.82, 2.24) is 0 Å². The molecule has 0 unspecified atom stereocenters. The zero-order chi connectivity index (χ0) is 15.0. The molecule has 0 atom stereocenters. The number of ketones is 1. The second kappa shape index (κ2) is 5.00. The van der Waals surface area contributed by atoms with Gasteiger partial charge in [-0.2, -0.15) is 0 Å². The second-order valence-corrected chi connectivity index (χ2v) is 4.61. The molecule has 0 spiro atoms. The minimum absolute atomic E-state index is 0.131. The number of nitrogens with two attached hydrogens (primary N) is 1. The molecule has 0 fully saturated rings. The van der Waals surface area contributed by atoms with Crippen molar-refractivity contribution in [3.8, 4) is 0 Å². The fraction of sp³-hybridized carbons (Fsp3) is 0.133. The molecule has 0 aliphatic heterocycles. The standard InChI is InChI=1S/C15H12F3NO/c1-7-3-9(4-8(2)14(7)18)15(20)10-5-13(19)12(17)6-11(10)16/h3-6H,19H2,1-2H3. The Labute approximate surface area is 114 Å². The van der Waals surface area contributed by atoms with Crippen LogP contribution in [0.5, 0.6) is 0 Å². The fourth-order valence-corrected chi connectivity index (χ4v) is 1.97. The first-order valence-electron chi connectivity index (χ1n) is 5.87. The van der Waals surface area contributed by atoms with E-state index in [0.717, 1.165) is 6.07 Å². The average Bonchev–Trinajstić information content (AvgIpc) is 2.38. The van der Waals surface area contributed by atoms with E-state index in [0.29, 0.717) is 6.07 Å². The molecule has 2 aromatic carbocycles. The zero-order valence-electron chi connectivity index (χ0n) is 10.9. The highest BCUT2D eigenvalue weighted by Gasteiger charge is 2.18. The Bertz CT molecular complexity index is 688. The topological polar surface area (TPSA) is 43.1 Å². The number of carbonyl (C=O) groups is 1. The van der Waals surface area contributed by atoms with Crippen LogP contribution in [0.15, 0.2) is 24.3 Å². The van der Waals surface area contributed by atoms with Crippen molar-refractivity contribution in [1.29, 1.82) is 0 Å². The summed E-state index contributed by atoms with van der Waals surface area (Å²) in [6.07, 6.45) is 0. The Kier molecular flexibility index (Phi) is 3.53. The number of carbonyl (C=O) groups excluding carboxylic acids is 1. The van der Waals surface area contributed by atoms with E-state index in [1.54, 1.807) is 0 Å². The number of benzene rings is 2. The van der Waals surface area contributed by atoms with E-state index < -0.39 is 23.2 Å². The van der Waals surface area contributed by atoms with Gasteiger partial charge in [0.2, 0.25) is 0 Å². The van der Waals surface area contributed by atoms with Crippen LogP contribution in [0.1, 0.15) is 27.0 Å². The monoisotopic (exact) mass is 279 g/mol. The SMILES string of the molecule is Cc1cc(C(=O)c2cc(N)c(F)cc2F)cc(C)c1F. The van der Waals surface area contributed by atoms with Gasteiger partial charge in [-0.15, -0.1) is 0 Å². The summed E-state index contributed by atoms with van der Waals surface area (Å²) >= 11 is 0. The molecule has 0 aliphatic carbocycles. The smallest absolute Gasteiger partial charge is 0.196 e. The molecule has 0 saturated carbocycles. The molecule has 0 bridgehead atoms. The van der Waals surface area contributed by atoms with Crippen LogP contribution < -0.4 is 5.73 Å². The number of hydrogen-bond acceptors (Lipinski definition) is 2. The molecule has 0 heterocycles. The van der Waals surface area contributed by atoms with Crippen LogP contribution in [0.4, 0.5) is 18.9 Å². The van der Waals surface area contributed by atoms with Gasteiger partial charge in [0, 0.05) is 11.6 Å². The van der Waals surface area contributed by atoms with Crippen LogP contribution in [-0.4, -0.2) is 5.78 Å². The highest BCUT2D eigenvalue weighted by molar-refractivity contribution is 6.09. The largest absolute Gasteiger partial charge is 0.396 e. The van der Waals surface area contributed by atoms with Gasteiger partial charge in [-0.05, 0) is 43.2 Å². The molecular weight excluding hydrogens is 267 g/mol. The Hall–Kier alpha value is -2.30. The predicted octanol–water partition coefficient (Wildman–Crippen LogP) is 3.53. The molecule has 104 valence electrons. The summed E-state index contributed by atoms with van der Waals surface area (Å²) in [5.41, 5.74) is 5.38. The Morgan fingerprint density at radius 3 is 2.05 bits per heavy atom. The fourth-order valence-electron chi connectivity index (χ4n) is 1.97. The number of rotatable bonds is 2. The maximum Gasteiger partial charge on any atom is 0.196 e. The molecule has 2 aromatic rings. The van der Waals surface area contributed by atoms with Crippen LogP contribution in [0.3, 0.4) is 0 Å². The van der Waals surface area contributed by atoms with E-state index in [9.17, 15) is 18.0 Å². The molecule has 2 nitrogen and oxygen atoms in total. The number of hydrogen-bond donors (Lipinski definition) is 1. The first kappa shape index (κ1) is 14.1. The number of aryl methyl sites for hydroxylation is 2. The van der Waals surface area contributed by atoms with E-state index in [4.69, 9.17) is 5.73 Å². The third-order valence-corrected chi connectivity index (χ3v) is 3.03. The lowest BCUT2D eigenvalue weighted by Gasteiger charge is -2.08. The normalized spacial score (nSPS) is 10.7. The highest BCUT2D eigenvalue weighted by atomic mass is 19.1. The molecular formula is C15H12F3NO. The summed E-state index contributed by atoms with van der Waals surface area (Å²) < 4.78 is 40.3. The van der Waals surface area contributed by atoms with Crippen LogP contribution in [0.2, 0.25) is 0 Å². The summed E-state index contributed by atoms with van der Waals surface area (Å²) in [5, 5.41) is 0. The highest BCUT2D eigenvalue weighted by Crippen LogP contribution is 2.22. The summed E-state index contributed by atoms with van der Waals surface area (Å²) in [6.45, 7) is 3.02. The van der Waals surface area contributed by atoms with Gasteiger partial charge < -0.3 is 5.73 Å². The number of halogens is 3. The molecule has 20 heavy (non-hydrogen) atoms. The van der Waals surface area contributed by atoms with Crippen LogP contribution in [0, 0.1) is 31.3 Å². The minimum Gasteiger partial charge on any atom is -0.396 e. The van der Waals surface area contributed by atoms with E-state index >= 15 is 0 Å². The molecule has 0 aliphatic rings. The lowest BCUT2D eigenvalue weighted by atomic mass is 9.98. The third-order valence-electron chi connectivity index (χ3n) is 3.03. The van der Waals surface area contributed by atoms with Crippen LogP contribution in [0.25, 0.3) is 0 Å². The maximum atomic E-state index is 13.7. The Morgan fingerprint density at radius 2 is 1.50 bits per heavy atom. The van der Waals surface area contributed by atoms with Gasteiger partial charge >= 0.3 is 0 Å². The quantitative estimate of drug-likeness (QED) is 0.675. The van der Waals surface area contributed by atoms with Gasteiger partial charge in [0.05, 0.1) is 11.3 Å². The molecule has 5 heteroatoms. The summed E-state index contributed by atoms with van der Waals surface area (Å²) in [7, 11) is 0. The zero-order valence-corrected chi connectivity index (χ0v) is 10.9. The van der Waals surface area contributed by atoms with E-state index in [1.165, 1.54) is 26.0 Å². The van der Waals surface area contributed by atoms with Gasteiger partial charge in [-0.3, -0.25) is 4.79 Å². The summed E-state index contributed by atoms with van der Waals surface area (Å²) in [6, 6.07) is 4.15. The van der Waals surface area contributed by atoms with Crippen LogP contribution in [-0.2, 0) is 0 Å². The number of anilines is 1. The summed E-state index contributed by atoms with van der Waals surface area (Å²) in [5.74, 6) is -3.01. The Balaban J connectivity index is 2.55.